The molecule has 0 amide bonds. The van der Waals surface area contributed by atoms with Gasteiger partial charge in [-0.15, -0.1) is 0 Å². The molecule has 0 saturated heterocycles. The van der Waals surface area contributed by atoms with Crippen LogP contribution in [0.15, 0.2) is 30.3 Å². The summed E-state index contributed by atoms with van der Waals surface area (Å²) < 4.78 is 1.31. The summed E-state index contributed by atoms with van der Waals surface area (Å²) >= 11 is 0. The minimum absolute atomic E-state index is 0.299. The highest BCUT2D eigenvalue weighted by Gasteiger charge is 2.32. The monoisotopic (exact) mass is 236 g/mol. The maximum atomic E-state index is 9.65. The van der Waals surface area contributed by atoms with Gasteiger partial charge in [-0.2, -0.15) is 5.10 Å². The summed E-state index contributed by atoms with van der Waals surface area (Å²) in [6.07, 6.45) is 0. The van der Waals surface area contributed by atoms with E-state index < -0.39 is 17.4 Å². The van der Waals surface area contributed by atoms with Crippen molar-refractivity contribution < 1.29 is 20.4 Å². The van der Waals surface area contributed by atoms with E-state index in [1.54, 1.807) is 31.2 Å². The second kappa shape index (κ2) is 3.85. The molecule has 1 heterocycles. The van der Waals surface area contributed by atoms with Crippen LogP contribution in [0.4, 0.5) is 0 Å². The fourth-order valence-corrected chi connectivity index (χ4v) is 1.54. The Kier molecular flexibility index (Phi) is 2.62. The van der Waals surface area contributed by atoms with Gasteiger partial charge in [0.15, 0.2) is 11.4 Å². The van der Waals surface area contributed by atoms with Gasteiger partial charge in [0, 0.05) is 0 Å². The van der Waals surface area contributed by atoms with Gasteiger partial charge in [-0.05, 0) is 19.1 Å². The molecule has 17 heavy (non-hydrogen) atoms. The average Bonchev–Trinajstić information content (AvgIpc) is 2.57. The van der Waals surface area contributed by atoms with Gasteiger partial charge in [-0.25, -0.2) is 4.68 Å². The standard InChI is InChI=1S/C11H12N2O4/c1-7-9(14)10(11(15,16)17)12-13(7)8-5-3-2-4-6-8/h2-6,14-17H,1H3. The van der Waals surface area contributed by atoms with E-state index in [1.165, 1.54) is 4.68 Å². The highest BCUT2D eigenvalue weighted by molar-refractivity contribution is 5.40. The predicted octanol–water partition coefficient (Wildman–Crippen LogP) is -0.0265. The number of aliphatic hydroxyl groups is 3. The van der Waals surface area contributed by atoms with Crippen LogP contribution >= 0.6 is 0 Å². The van der Waals surface area contributed by atoms with E-state index in [-0.39, 0.29) is 0 Å². The lowest BCUT2D eigenvalue weighted by Crippen LogP contribution is -2.24. The summed E-state index contributed by atoms with van der Waals surface area (Å²) in [4.78, 5) is 0. The molecule has 0 bridgehead atoms. The number of rotatable bonds is 2. The first-order valence-electron chi connectivity index (χ1n) is 4.93. The van der Waals surface area contributed by atoms with E-state index in [2.05, 4.69) is 5.10 Å². The highest BCUT2D eigenvalue weighted by atomic mass is 16.7. The smallest absolute Gasteiger partial charge is 0.328 e. The van der Waals surface area contributed by atoms with Crippen LogP contribution in [0.3, 0.4) is 0 Å². The summed E-state index contributed by atoms with van der Waals surface area (Å²) in [7, 11) is 0. The molecule has 0 radical (unpaired) electrons. The Labute approximate surface area is 97.0 Å². The molecule has 6 nitrogen and oxygen atoms in total. The molecule has 1 aromatic carbocycles. The van der Waals surface area contributed by atoms with Crippen LogP contribution in [0.2, 0.25) is 0 Å². The van der Waals surface area contributed by atoms with Crippen LogP contribution in [0.25, 0.3) is 5.69 Å². The molecule has 0 atom stereocenters. The fraction of sp³-hybridized carbons (Fsp3) is 0.182. The SMILES string of the molecule is Cc1c(O)c(C(O)(O)O)nn1-c1ccccc1. The van der Waals surface area contributed by atoms with Crippen LogP contribution in [0, 0.1) is 6.92 Å². The van der Waals surface area contributed by atoms with Crippen LogP contribution < -0.4 is 0 Å². The first-order chi connectivity index (χ1) is 7.91. The summed E-state index contributed by atoms with van der Waals surface area (Å²) in [6, 6.07) is 8.83. The molecule has 0 aliphatic heterocycles. The summed E-state index contributed by atoms with van der Waals surface area (Å²) in [5.41, 5.74) is 0.336. The van der Waals surface area contributed by atoms with E-state index >= 15 is 0 Å². The second-order valence-electron chi connectivity index (χ2n) is 3.67. The lowest BCUT2D eigenvalue weighted by Gasteiger charge is -2.10. The lowest BCUT2D eigenvalue weighted by molar-refractivity contribution is -0.326. The molecule has 0 aliphatic carbocycles. The van der Waals surface area contributed by atoms with Crippen LogP contribution in [-0.4, -0.2) is 30.2 Å². The molecule has 0 aliphatic rings. The maximum absolute atomic E-state index is 9.65. The Morgan fingerprint density at radius 3 is 2.18 bits per heavy atom. The summed E-state index contributed by atoms with van der Waals surface area (Å²) in [5, 5.41) is 40.5. The molecule has 90 valence electrons. The fourth-order valence-electron chi connectivity index (χ4n) is 1.54. The summed E-state index contributed by atoms with van der Waals surface area (Å²) in [5.74, 6) is -3.61. The Bertz CT molecular complexity index is 528. The number of nitrogens with zero attached hydrogens (tertiary/aromatic N) is 2. The van der Waals surface area contributed by atoms with Gasteiger partial charge in [0.1, 0.15) is 0 Å². The second-order valence-corrected chi connectivity index (χ2v) is 3.67. The largest absolute Gasteiger partial charge is 0.504 e. The third-order valence-corrected chi connectivity index (χ3v) is 2.40. The molecular formula is C11H12N2O4. The van der Waals surface area contributed by atoms with Crippen molar-refractivity contribution in [1.82, 2.24) is 9.78 Å². The number of aromatic hydroxyl groups is 1. The van der Waals surface area contributed by atoms with E-state index in [1.807, 2.05) is 6.07 Å². The number of hydrogen-bond donors (Lipinski definition) is 4. The summed E-state index contributed by atoms with van der Waals surface area (Å²) in [6.45, 7) is 1.55. The Morgan fingerprint density at radius 2 is 1.71 bits per heavy atom. The van der Waals surface area contributed by atoms with Crippen molar-refractivity contribution in [3.05, 3.63) is 41.7 Å². The highest BCUT2D eigenvalue weighted by Crippen LogP contribution is 2.29. The molecule has 0 fully saturated rings. The van der Waals surface area contributed by atoms with Gasteiger partial charge in [0.2, 0.25) is 0 Å². The normalized spacial score (nSPS) is 11.8. The van der Waals surface area contributed by atoms with Crippen LogP contribution in [-0.2, 0) is 5.97 Å². The third kappa shape index (κ3) is 2.01. The van der Waals surface area contributed by atoms with Crippen molar-refractivity contribution >= 4 is 0 Å². The van der Waals surface area contributed by atoms with Gasteiger partial charge in [-0.1, -0.05) is 18.2 Å². The first-order valence-corrected chi connectivity index (χ1v) is 4.93. The van der Waals surface area contributed by atoms with Gasteiger partial charge < -0.3 is 20.4 Å². The third-order valence-electron chi connectivity index (χ3n) is 2.40. The molecule has 0 saturated carbocycles. The van der Waals surface area contributed by atoms with Crippen molar-refractivity contribution in [2.45, 2.75) is 12.9 Å². The quantitative estimate of drug-likeness (QED) is 0.549. The molecule has 2 aromatic rings. The minimum Gasteiger partial charge on any atom is -0.504 e. The zero-order valence-electron chi connectivity index (χ0n) is 9.07. The van der Waals surface area contributed by atoms with E-state index in [4.69, 9.17) is 15.3 Å². The number of aromatic nitrogens is 2. The van der Waals surface area contributed by atoms with Gasteiger partial charge in [0.05, 0.1) is 11.4 Å². The molecular weight excluding hydrogens is 224 g/mol. The Morgan fingerprint density at radius 1 is 1.12 bits per heavy atom. The van der Waals surface area contributed by atoms with Crippen molar-refractivity contribution in [2.24, 2.45) is 0 Å². The van der Waals surface area contributed by atoms with Crippen molar-refractivity contribution in [3.63, 3.8) is 0 Å². The van der Waals surface area contributed by atoms with Gasteiger partial charge in [-0.3, -0.25) is 0 Å². The minimum atomic E-state index is -3.16. The van der Waals surface area contributed by atoms with Crippen molar-refractivity contribution in [1.29, 1.82) is 0 Å². The van der Waals surface area contributed by atoms with Crippen molar-refractivity contribution in [2.75, 3.05) is 0 Å². The molecule has 6 heteroatoms. The maximum Gasteiger partial charge on any atom is 0.328 e. The van der Waals surface area contributed by atoms with Crippen LogP contribution in [0.5, 0.6) is 5.75 Å². The first kappa shape index (κ1) is 11.6. The molecule has 0 unspecified atom stereocenters. The topological polar surface area (TPSA) is 98.7 Å². The molecule has 1 aromatic heterocycles. The van der Waals surface area contributed by atoms with Crippen LogP contribution in [0.1, 0.15) is 11.4 Å². The van der Waals surface area contributed by atoms with E-state index in [0.717, 1.165) is 0 Å². The van der Waals surface area contributed by atoms with E-state index in [0.29, 0.717) is 11.4 Å². The molecule has 0 spiro atoms. The predicted molar refractivity (Wildman–Crippen MR) is 58.3 cm³/mol. The van der Waals surface area contributed by atoms with Crippen molar-refractivity contribution in [3.8, 4) is 11.4 Å². The average molecular weight is 236 g/mol. The number of para-hydroxylation sites is 1. The molecule has 4 N–H and O–H groups in total. The van der Waals surface area contributed by atoms with Gasteiger partial charge in [0.25, 0.3) is 0 Å². The zero-order chi connectivity index (χ0) is 12.6. The number of hydrogen-bond acceptors (Lipinski definition) is 5. The molecule has 2 rings (SSSR count). The Hall–Kier alpha value is -1.89. The van der Waals surface area contributed by atoms with E-state index in [9.17, 15) is 5.11 Å². The lowest BCUT2D eigenvalue weighted by atomic mass is 10.3. The van der Waals surface area contributed by atoms with Gasteiger partial charge >= 0.3 is 5.97 Å². The Balaban J connectivity index is 2.59. The zero-order valence-corrected chi connectivity index (χ0v) is 9.07. The number of benzene rings is 1.